The number of methoxy groups -OCH3 is 1. The number of benzene rings is 1. The van der Waals surface area contributed by atoms with Gasteiger partial charge in [0.05, 0.1) is 7.11 Å². The first-order valence-electron chi connectivity index (χ1n) is 6.90. The maximum atomic E-state index is 11.5. The highest BCUT2D eigenvalue weighted by Gasteiger charge is 2.24. The fraction of sp³-hybridized carbons (Fsp3) is 0.467. The van der Waals surface area contributed by atoms with Crippen LogP contribution in [0.2, 0.25) is 0 Å². The highest BCUT2D eigenvalue weighted by atomic mass is 16.5. The quantitative estimate of drug-likeness (QED) is 0.833. The van der Waals surface area contributed by atoms with Crippen molar-refractivity contribution in [1.29, 1.82) is 0 Å². The molecule has 0 aromatic heterocycles. The van der Waals surface area contributed by atoms with E-state index in [0.717, 1.165) is 12.8 Å². The summed E-state index contributed by atoms with van der Waals surface area (Å²) in [5, 5.41) is 19.1. The SMILES string of the molecule is COC(=O)c1cccc(CC2CCN(C(=O)O)CC2)c1O. The molecule has 1 aliphatic rings. The summed E-state index contributed by atoms with van der Waals surface area (Å²) >= 11 is 0. The summed E-state index contributed by atoms with van der Waals surface area (Å²) in [6.45, 7) is 1.02. The van der Waals surface area contributed by atoms with Crippen molar-refractivity contribution in [3.63, 3.8) is 0 Å². The largest absolute Gasteiger partial charge is 0.507 e. The number of phenolic OH excluding ortho intramolecular Hbond substituents is 1. The normalized spacial score (nSPS) is 15.8. The summed E-state index contributed by atoms with van der Waals surface area (Å²) < 4.78 is 4.63. The van der Waals surface area contributed by atoms with Crippen molar-refractivity contribution < 1.29 is 24.5 Å². The van der Waals surface area contributed by atoms with Gasteiger partial charge in [-0.3, -0.25) is 0 Å². The summed E-state index contributed by atoms with van der Waals surface area (Å²) in [7, 11) is 1.27. The van der Waals surface area contributed by atoms with Gasteiger partial charge >= 0.3 is 12.1 Å². The van der Waals surface area contributed by atoms with Crippen LogP contribution in [-0.2, 0) is 11.2 Å². The first-order valence-corrected chi connectivity index (χ1v) is 6.90. The molecule has 1 heterocycles. The van der Waals surface area contributed by atoms with Gasteiger partial charge in [-0.2, -0.15) is 0 Å². The lowest BCUT2D eigenvalue weighted by atomic mass is 9.89. The van der Waals surface area contributed by atoms with E-state index >= 15 is 0 Å². The van der Waals surface area contributed by atoms with E-state index in [-0.39, 0.29) is 11.3 Å². The van der Waals surface area contributed by atoms with Crippen LogP contribution in [0.15, 0.2) is 18.2 Å². The molecule has 1 aromatic rings. The number of carbonyl (C=O) groups is 2. The number of rotatable bonds is 3. The molecule has 0 spiro atoms. The van der Waals surface area contributed by atoms with Crippen LogP contribution in [0.4, 0.5) is 4.79 Å². The Morgan fingerprint density at radius 2 is 2.00 bits per heavy atom. The molecule has 2 N–H and O–H groups in total. The number of hydrogen-bond donors (Lipinski definition) is 2. The third-order valence-electron chi connectivity index (χ3n) is 3.92. The van der Waals surface area contributed by atoms with Crippen LogP contribution in [0, 0.1) is 5.92 Å². The second kappa shape index (κ2) is 6.47. The van der Waals surface area contributed by atoms with Crippen molar-refractivity contribution in [2.45, 2.75) is 19.3 Å². The van der Waals surface area contributed by atoms with Crippen LogP contribution in [0.5, 0.6) is 5.75 Å². The van der Waals surface area contributed by atoms with E-state index in [9.17, 15) is 14.7 Å². The molecule has 0 bridgehead atoms. The minimum atomic E-state index is -0.885. The van der Waals surface area contributed by atoms with Crippen molar-refractivity contribution in [3.05, 3.63) is 29.3 Å². The van der Waals surface area contributed by atoms with E-state index in [1.54, 1.807) is 12.1 Å². The van der Waals surface area contributed by atoms with Gasteiger partial charge in [-0.05, 0) is 36.8 Å². The smallest absolute Gasteiger partial charge is 0.407 e. The number of aromatic hydroxyl groups is 1. The second-order valence-electron chi connectivity index (χ2n) is 5.22. The summed E-state index contributed by atoms with van der Waals surface area (Å²) in [4.78, 5) is 23.8. The lowest BCUT2D eigenvalue weighted by molar-refractivity contribution is 0.0597. The Morgan fingerprint density at radius 1 is 1.33 bits per heavy atom. The Morgan fingerprint density at radius 3 is 2.57 bits per heavy atom. The van der Waals surface area contributed by atoms with Gasteiger partial charge in [-0.1, -0.05) is 12.1 Å². The number of phenols is 1. The molecular weight excluding hydrogens is 274 g/mol. The number of ether oxygens (including phenoxy) is 1. The molecule has 21 heavy (non-hydrogen) atoms. The molecule has 0 aliphatic carbocycles. The number of amides is 1. The molecule has 6 heteroatoms. The number of para-hydroxylation sites is 1. The monoisotopic (exact) mass is 293 g/mol. The maximum absolute atomic E-state index is 11.5. The molecule has 1 amide bonds. The number of carbonyl (C=O) groups excluding carboxylic acids is 1. The van der Waals surface area contributed by atoms with Crippen LogP contribution in [-0.4, -0.2) is 47.4 Å². The van der Waals surface area contributed by atoms with Crippen molar-refractivity contribution in [1.82, 2.24) is 4.90 Å². The van der Waals surface area contributed by atoms with E-state index in [1.807, 2.05) is 0 Å². The van der Waals surface area contributed by atoms with Gasteiger partial charge in [0.2, 0.25) is 0 Å². The number of nitrogens with zero attached hydrogens (tertiary/aromatic N) is 1. The van der Waals surface area contributed by atoms with Crippen molar-refractivity contribution >= 4 is 12.1 Å². The molecule has 2 rings (SSSR count). The summed E-state index contributed by atoms with van der Waals surface area (Å²) in [6, 6.07) is 5.02. The zero-order chi connectivity index (χ0) is 15.4. The molecule has 0 radical (unpaired) electrons. The van der Waals surface area contributed by atoms with Gasteiger partial charge < -0.3 is 19.8 Å². The predicted octanol–water partition coefficient (Wildman–Crippen LogP) is 2.11. The molecule has 0 saturated carbocycles. The molecule has 1 aromatic carbocycles. The molecule has 114 valence electrons. The van der Waals surface area contributed by atoms with Crippen molar-refractivity contribution in [2.24, 2.45) is 5.92 Å². The first-order chi connectivity index (χ1) is 10.0. The highest BCUT2D eigenvalue weighted by Crippen LogP contribution is 2.29. The molecule has 0 unspecified atom stereocenters. The third kappa shape index (κ3) is 3.45. The summed E-state index contributed by atoms with van der Waals surface area (Å²) in [5.41, 5.74) is 0.865. The zero-order valence-corrected chi connectivity index (χ0v) is 11.9. The molecule has 1 fully saturated rings. The van der Waals surface area contributed by atoms with Gasteiger partial charge in [-0.25, -0.2) is 9.59 Å². The number of hydrogen-bond acceptors (Lipinski definition) is 4. The van der Waals surface area contributed by atoms with Crippen molar-refractivity contribution in [3.8, 4) is 5.75 Å². The standard InChI is InChI=1S/C15H19NO5/c1-21-14(18)12-4-2-3-11(13(12)17)9-10-5-7-16(8-6-10)15(19)20/h2-4,10,17H,5-9H2,1H3,(H,19,20). The van der Waals surface area contributed by atoms with Gasteiger partial charge in [0.15, 0.2) is 0 Å². The topological polar surface area (TPSA) is 87.1 Å². The van der Waals surface area contributed by atoms with Crippen molar-refractivity contribution in [2.75, 3.05) is 20.2 Å². The fourth-order valence-corrected chi connectivity index (χ4v) is 2.67. The van der Waals surface area contributed by atoms with E-state index in [2.05, 4.69) is 4.74 Å². The van der Waals surface area contributed by atoms with Gasteiger partial charge in [0.1, 0.15) is 11.3 Å². The maximum Gasteiger partial charge on any atom is 0.407 e. The van der Waals surface area contributed by atoms with E-state index in [0.29, 0.717) is 31.0 Å². The molecule has 1 saturated heterocycles. The van der Waals surface area contributed by atoms with Gasteiger partial charge in [0, 0.05) is 13.1 Å². The van der Waals surface area contributed by atoms with Crippen LogP contribution in [0.3, 0.4) is 0 Å². The van der Waals surface area contributed by atoms with E-state index in [1.165, 1.54) is 18.1 Å². The Labute approximate surface area is 122 Å². The summed E-state index contributed by atoms with van der Waals surface area (Å²) in [5.74, 6) is -0.292. The molecule has 6 nitrogen and oxygen atoms in total. The minimum Gasteiger partial charge on any atom is -0.507 e. The number of carboxylic acid groups (broad SMARTS) is 1. The lowest BCUT2D eigenvalue weighted by Crippen LogP contribution is -2.37. The number of likely N-dealkylation sites (tertiary alicyclic amines) is 1. The Kier molecular flexibility index (Phi) is 4.67. The van der Waals surface area contributed by atoms with E-state index < -0.39 is 12.1 Å². The Balaban J connectivity index is 2.04. The zero-order valence-electron chi connectivity index (χ0n) is 11.9. The second-order valence-corrected chi connectivity index (χ2v) is 5.22. The number of esters is 1. The minimum absolute atomic E-state index is 0.0370. The van der Waals surface area contributed by atoms with Gasteiger partial charge in [0.25, 0.3) is 0 Å². The lowest BCUT2D eigenvalue weighted by Gasteiger charge is -2.30. The van der Waals surface area contributed by atoms with Crippen LogP contribution in [0.1, 0.15) is 28.8 Å². The third-order valence-corrected chi connectivity index (χ3v) is 3.92. The number of piperidine rings is 1. The molecule has 0 atom stereocenters. The average Bonchev–Trinajstić information content (AvgIpc) is 2.49. The first kappa shape index (κ1) is 15.2. The van der Waals surface area contributed by atoms with Crippen LogP contribution >= 0.6 is 0 Å². The summed E-state index contributed by atoms with van der Waals surface area (Å²) in [6.07, 6.45) is 1.26. The Bertz CT molecular complexity index is 535. The average molecular weight is 293 g/mol. The van der Waals surface area contributed by atoms with Crippen LogP contribution < -0.4 is 0 Å². The predicted molar refractivity (Wildman–Crippen MR) is 75.5 cm³/mol. The van der Waals surface area contributed by atoms with E-state index in [4.69, 9.17) is 5.11 Å². The Hall–Kier alpha value is -2.24. The van der Waals surface area contributed by atoms with Gasteiger partial charge in [-0.15, -0.1) is 0 Å². The van der Waals surface area contributed by atoms with Crippen LogP contribution in [0.25, 0.3) is 0 Å². The fourth-order valence-electron chi connectivity index (χ4n) is 2.67. The molecule has 1 aliphatic heterocycles. The molecular formula is C15H19NO5. The highest BCUT2D eigenvalue weighted by molar-refractivity contribution is 5.92.